The Morgan fingerprint density at radius 2 is 1.73 bits per heavy atom. The first-order chi connectivity index (χ1) is 16.2. The molecule has 2 aliphatic heterocycles. The van der Waals surface area contributed by atoms with Gasteiger partial charge in [0.25, 0.3) is 0 Å². The molecular weight excluding hydrogens is 410 g/mol. The standard InChI is InChI=1S/C29H29NO3/c31-24-13-14-29-15-16-30(18-21-7-3-1-4-8-21)19-23-11-12-25(28(27(23)29)33-26(29)17-24)32-20-22-9-5-2-6-10-22/h1-14,24,26,31H,15-20H2/t24-,26-,29-/m0/s1. The van der Waals surface area contributed by atoms with Crippen molar-refractivity contribution in [3.05, 3.63) is 107 Å². The Bertz CT molecular complexity index is 1160. The first-order valence-corrected chi connectivity index (χ1v) is 11.8. The summed E-state index contributed by atoms with van der Waals surface area (Å²) in [5.74, 6) is 1.67. The molecule has 2 heterocycles. The topological polar surface area (TPSA) is 41.9 Å². The minimum absolute atomic E-state index is 0.0654. The van der Waals surface area contributed by atoms with Crippen molar-refractivity contribution in [1.29, 1.82) is 0 Å². The summed E-state index contributed by atoms with van der Waals surface area (Å²) >= 11 is 0. The van der Waals surface area contributed by atoms with Gasteiger partial charge in [-0.3, -0.25) is 4.90 Å². The van der Waals surface area contributed by atoms with E-state index < -0.39 is 6.10 Å². The third kappa shape index (κ3) is 3.73. The van der Waals surface area contributed by atoms with Crippen molar-refractivity contribution in [3.63, 3.8) is 0 Å². The van der Waals surface area contributed by atoms with Gasteiger partial charge in [0.05, 0.1) is 11.5 Å². The average molecular weight is 440 g/mol. The lowest BCUT2D eigenvalue weighted by Crippen LogP contribution is -2.43. The lowest BCUT2D eigenvalue weighted by atomic mass is 9.69. The summed E-state index contributed by atoms with van der Waals surface area (Å²) in [6.45, 7) is 3.29. The van der Waals surface area contributed by atoms with Gasteiger partial charge >= 0.3 is 0 Å². The molecule has 0 aromatic heterocycles. The zero-order chi connectivity index (χ0) is 22.3. The summed E-state index contributed by atoms with van der Waals surface area (Å²) in [7, 11) is 0. The van der Waals surface area contributed by atoms with E-state index in [1.165, 1.54) is 16.7 Å². The molecule has 1 N–H and O–H groups in total. The van der Waals surface area contributed by atoms with Crippen LogP contribution in [-0.2, 0) is 25.1 Å². The molecule has 3 aliphatic rings. The summed E-state index contributed by atoms with van der Waals surface area (Å²) in [5, 5.41) is 10.4. The number of hydrogen-bond acceptors (Lipinski definition) is 4. The van der Waals surface area contributed by atoms with Crippen LogP contribution in [0.15, 0.2) is 84.9 Å². The number of hydrogen-bond donors (Lipinski definition) is 1. The van der Waals surface area contributed by atoms with Gasteiger partial charge in [0.1, 0.15) is 12.7 Å². The number of aliphatic hydroxyl groups is 1. The van der Waals surface area contributed by atoms with E-state index >= 15 is 0 Å². The maximum absolute atomic E-state index is 10.4. The van der Waals surface area contributed by atoms with Crippen LogP contribution in [0.1, 0.15) is 35.1 Å². The molecular formula is C29H29NO3. The summed E-state index contributed by atoms with van der Waals surface area (Å²) < 4.78 is 12.8. The number of benzene rings is 3. The first kappa shape index (κ1) is 20.5. The Labute approximate surface area is 195 Å². The van der Waals surface area contributed by atoms with Crippen molar-refractivity contribution in [1.82, 2.24) is 4.90 Å². The molecule has 0 unspecified atom stereocenters. The Morgan fingerprint density at radius 3 is 2.52 bits per heavy atom. The quantitative estimate of drug-likeness (QED) is 0.569. The fraction of sp³-hybridized carbons (Fsp3) is 0.310. The fourth-order valence-electron chi connectivity index (χ4n) is 5.66. The van der Waals surface area contributed by atoms with Gasteiger partial charge < -0.3 is 14.6 Å². The van der Waals surface area contributed by atoms with Crippen LogP contribution in [0.4, 0.5) is 0 Å². The third-order valence-electron chi connectivity index (χ3n) is 7.30. The van der Waals surface area contributed by atoms with Crippen LogP contribution in [0.5, 0.6) is 11.5 Å². The number of aliphatic hydroxyl groups excluding tert-OH is 1. The van der Waals surface area contributed by atoms with E-state index in [4.69, 9.17) is 9.47 Å². The van der Waals surface area contributed by atoms with Crippen LogP contribution in [0.2, 0.25) is 0 Å². The molecule has 1 spiro atoms. The Kier molecular flexibility index (Phi) is 5.20. The lowest BCUT2D eigenvalue weighted by Gasteiger charge is -2.35. The van der Waals surface area contributed by atoms with Gasteiger partial charge in [-0.2, -0.15) is 0 Å². The van der Waals surface area contributed by atoms with Gasteiger partial charge in [-0.25, -0.2) is 0 Å². The number of rotatable bonds is 5. The van der Waals surface area contributed by atoms with Crippen molar-refractivity contribution in [2.45, 2.75) is 50.2 Å². The van der Waals surface area contributed by atoms with E-state index in [0.717, 1.165) is 43.1 Å². The SMILES string of the molecule is O[C@H]1C=C[C@@]23CCN(Cc4ccccc4)Cc4ccc(OCc5ccccc5)c(c42)O[C@H]3C1. The second kappa shape index (κ2) is 8.36. The van der Waals surface area contributed by atoms with Crippen LogP contribution in [0.3, 0.4) is 0 Å². The Balaban J connectivity index is 1.36. The monoisotopic (exact) mass is 439 g/mol. The van der Waals surface area contributed by atoms with Crippen LogP contribution in [-0.4, -0.2) is 28.8 Å². The smallest absolute Gasteiger partial charge is 0.166 e. The highest BCUT2D eigenvalue weighted by Crippen LogP contribution is 2.56. The summed E-state index contributed by atoms with van der Waals surface area (Å²) in [6.07, 6.45) is 5.23. The van der Waals surface area contributed by atoms with E-state index in [1.807, 2.05) is 24.3 Å². The predicted molar refractivity (Wildman–Crippen MR) is 128 cm³/mol. The third-order valence-corrected chi connectivity index (χ3v) is 7.30. The van der Waals surface area contributed by atoms with Crippen molar-refractivity contribution < 1.29 is 14.6 Å². The van der Waals surface area contributed by atoms with Gasteiger partial charge in [0.15, 0.2) is 11.5 Å². The Morgan fingerprint density at radius 1 is 0.970 bits per heavy atom. The molecule has 1 aliphatic carbocycles. The van der Waals surface area contributed by atoms with Crippen LogP contribution >= 0.6 is 0 Å². The normalized spacial score (nSPS) is 25.6. The highest BCUT2D eigenvalue weighted by molar-refractivity contribution is 5.61. The summed E-state index contributed by atoms with van der Waals surface area (Å²) in [4.78, 5) is 2.53. The van der Waals surface area contributed by atoms with E-state index in [9.17, 15) is 5.11 Å². The van der Waals surface area contributed by atoms with Crippen molar-refractivity contribution in [2.75, 3.05) is 6.54 Å². The number of ether oxygens (including phenoxy) is 2. The maximum atomic E-state index is 10.4. The summed E-state index contributed by atoms with van der Waals surface area (Å²) in [6, 6.07) is 25.2. The highest BCUT2D eigenvalue weighted by atomic mass is 16.5. The first-order valence-electron chi connectivity index (χ1n) is 11.8. The van der Waals surface area contributed by atoms with Crippen LogP contribution in [0.25, 0.3) is 0 Å². The van der Waals surface area contributed by atoms with Gasteiger partial charge in [-0.05, 0) is 29.2 Å². The highest BCUT2D eigenvalue weighted by Gasteiger charge is 2.52. The van der Waals surface area contributed by atoms with E-state index in [1.54, 1.807) is 0 Å². The number of nitrogens with zero attached hydrogens (tertiary/aromatic N) is 1. The van der Waals surface area contributed by atoms with E-state index in [-0.39, 0.29) is 11.5 Å². The second-order valence-corrected chi connectivity index (χ2v) is 9.46. The maximum Gasteiger partial charge on any atom is 0.166 e. The molecule has 3 atom stereocenters. The van der Waals surface area contributed by atoms with Gasteiger partial charge in [0, 0.05) is 31.6 Å². The average Bonchev–Trinajstić information content (AvgIpc) is 3.09. The second-order valence-electron chi connectivity index (χ2n) is 9.46. The molecule has 4 nitrogen and oxygen atoms in total. The zero-order valence-electron chi connectivity index (χ0n) is 18.7. The minimum atomic E-state index is -0.462. The van der Waals surface area contributed by atoms with E-state index in [2.05, 4.69) is 65.6 Å². The fourth-order valence-corrected chi connectivity index (χ4v) is 5.66. The molecule has 33 heavy (non-hydrogen) atoms. The molecule has 0 radical (unpaired) electrons. The zero-order valence-corrected chi connectivity index (χ0v) is 18.7. The summed E-state index contributed by atoms with van der Waals surface area (Å²) in [5.41, 5.74) is 4.82. The minimum Gasteiger partial charge on any atom is -0.485 e. The molecule has 3 aromatic carbocycles. The van der Waals surface area contributed by atoms with Crippen LogP contribution in [0, 0.1) is 0 Å². The molecule has 6 rings (SSSR count). The molecule has 0 fully saturated rings. The molecule has 0 saturated carbocycles. The van der Waals surface area contributed by atoms with E-state index in [0.29, 0.717) is 13.0 Å². The molecule has 0 saturated heterocycles. The molecule has 0 bridgehead atoms. The van der Waals surface area contributed by atoms with Crippen molar-refractivity contribution in [2.24, 2.45) is 0 Å². The van der Waals surface area contributed by atoms with Crippen molar-refractivity contribution in [3.8, 4) is 11.5 Å². The molecule has 3 aromatic rings. The predicted octanol–water partition coefficient (Wildman–Crippen LogP) is 4.99. The van der Waals surface area contributed by atoms with Crippen LogP contribution < -0.4 is 9.47 Å². The van der Waals surface area contributed by atoms with Gasteiger partial charge in [-0.1, -0.05) is 78.9 Å². The van der Waals surface area contributed by atoms with Crippen molar-refractivity contribution >= 4 is 0 Å². The van der Waals surface area contributed by atoms with Gasteiger partial charge in [0.2, 0.25) is 0 Å². The largest absolute Gasteiger partial charge is 0.485 e. The van der Waals surface area contributed by atoms with Gasteiger partial charge in [-0.15, -0.1) is 0 Å². The Hall–Kier alpha value is -3.08. The molecule has 0 amide bonds. The lowest BCUT2D eigenvalue weighted by molar-refractivity contribution is 0.0800. The molecule has 4 heteroatoms. The molecule has 168 valence electrons.